The molecule has 0 unspecified atom stereocenters. The minimum absolute atomic E-state index is 0.0338. The Bertz CT molecular complexity index is 1140. The van der Waals surface area contributed by atoms with Gasteiger partial charge in [-0.05, 0) is 42.3 Å². The first kappa shape index (κ1) is 17.7. The lowest BCUT2D eigenvalue weighted by Gasteiger charge is -2.12. The number of nitro benzene ring substituents is 1. The number of hydrogen-bond acceptors (Lipinski definition) is 8. The number of anilines is 3. The highest BCUT2D eigenvalue weighted by Gasteiger charge is 2.11. The summed E-state index contributed by atoms with van der Waals surface area (Å²) >= 11 is 1.23. The van der Waals surface area contributed by atoms with E-state index >= 15 is 0 Å². The quantitative estimate of drug-likeness (QED) is 0.275. The van der Waals surface area contributed by atoms with Crippen LogP contribution in [-0.4, -0.2) is 19.9 Å². The molecule has 0 aliphatic rings. The Hall–Kier alpha value is -3.72. The highest BCUT2D eigenvalue weighted by atomic mass is 32.2. The minimum Gasteiger partial charge on any atom is -0.337 e. The van der Waals surface area contributed by atoms with E-state index in [4.69, 9.17) is 0 Å². The first-order valence-corrected chi connectivity index (χ1v) is 9.12. The molecule has 0 radical (unpaired) electrons. The van der Waals surface area contributed by atoms with Crippen molar-refractivity contribution in [3.8, 4) is 0 Å². The van der Waals surface area contributed by atoms with E-state index in [-0.39, 0.29) is 5.69 Å². The lowest BCUT2D eigenvalue weighted by Crippen LogP contribution is -2.02. The van der Waals surface area contributed by atoms with Crippen molar-refractivity contribution in [3.05, 3.63) is 83.2 Å². The number of non-ortho nitro benzene ring substituents is 1. The first-order chi connectivity index (χ1) is 13.7. The molecule has 0 bridgehead atoms. The molecule has 4 aromatic rings. The van der Waals surface area contributed by atoms with Crippen molar-refractivity contribution in [1.82, 2.24) is 15.0 Å². The van der Waals surface area contributed by atoms with Gasteiger partial charge in [-0.2, -0.15) is 0 Å². The van der Waals surface area contributed by atoms with Gasteiger partial charge in [0, 0.05) is 35.1 Å². The van der Waals surface area contributed by atoms with Crippen LogP contribution >= 0.6 is 11.9 Å². The van der Waals surface area contributed by atoms with Gasteiger partial charge in [-0.1, -0.05) is 18.2 Å². The SMILES string of the molecule is O=[N+]([O-])c1cccc(SNc2nc3ccccc3nc2Nc2ccncc2)c1. The van der Waals surface area contributed by atoms with Crippen molar-refractivity contribution in [2.75, 3.05) is 10.0 Å². The van der Waals surface area contributed by atoms with E-state index < -0.39 is 4.92 Å². The Balaban J connectivity index is 1.65. The van der Waals surface area contributed by atoms with Crippen LogP contribution in [0.4, 0.5) is 23.0 Å². The number of nitrogens with zero attached hydrogens (tertiary/aromatic N) is 4. The lowest BCUT2D eigenvalue weighted by atomic mass is 10.3. The van der Waals surface area contributed by atoms with E-state index in [1.165, 1.54) is 24.1 Å². The van der Waals surface area contributed by atoms with E-state index in [0.717, 1.165) is 16.7 Å². The normalized spacial score (nSPS) is 10.6. The Kier molecular flexibility index (Phi) is 4.98. The van der Waals surface area contributed by atoms with Gasteiger partial charge in [0.25, 0.3) is 5.69 Å². The summed E-state index contributed by atoms with van der Waals surface area (Å²) in [6.45, 7) is 0. The van der Waals surface area contributed by atoms with Gasteiger partial charge in [0.1, 0.15) is 0 Å². The first-order valence-electron chi connectivity index (χ1n) is 8.30. The number of hydrogen-bond donors (Lipinski definition) is 2. The summed E-state index contributed by atoms with van der Waals surface area (Å²) in [6.07, 6.45) is 3.36. The summed E-state index contributed by atoms with van der Waals surface area (Å²) in [4.78, 5) is 24.5. The molecule has 9 heteroatoms. The molecule has 0 saturated heterocycles. The van der Waals surface area contributed by atoms with Crippen LogP contribution in [0.5, 0.6) is 0 Å². The lowest BCUT2D eigenvalue weighted by molar-refractivity contribution is -0.385. The van der Waals surface area contributed by atoms with Crippen LogP contribution in [0.2, 0.25) is 0 Å². The van der Waals surface area contributed by atoms with Crippen molar-refractivity contribution in [3.63, 3.8) is 0 Å². The molecule has 8 nitrogen and oxygen atoms in total. The molecule has 4 rings (SSSR count). The molecule has 2 aromatic heterocycles. The van der Waals surface area contributed by atoms with E-state index in [2.05, 4.69) is 25.0 Å². The third kappa shape index (κ3) is 3.99. The van der Waals surface area contributed by atoms with Crippen molar-refractivity contribution in [1.29, 1.82) is 0 Å². The van der Waals surface area contributed by atoms with Crippen LogP contribution in [0.25, 0.3) is 11.0 Å². The molecule has 0 aliphatic heterocycles. The number of para-hydroxylation sites is 2. The van der Waals surface area contributed by atoms with Gasteiger partial charge in [-0.3, -0.25) is 15.1 Å². The monoisotopic (exact) mass is 390 g/mol. The average molecular weight is 390 g/mol. The van der Waals surface area contributed by atoms with Crippen LogP contribution in [0, 0.1) is 10.1 Å². The van der Waals surface area contributed by atoms with Crippen molar-refractivity contribution >= 4 is 46.0 Å². The maximum Gasteiger partial charge on any atom is 0.270 e. The Labute approximate surface area is 164 Å². The molecule has 0 atom stereocenters. The fourth-order valence-corrected chi connectivity index (χ4v) is 3.18. The van der Waals surface area contributed by atoms with Crippen LogP contribution in [-0.2, 0) is 0 Å². The number of fused-ring (bicyclic) bond motifs is 1. The summed E-state index contributed by atoms with van der Waals surface area (Å²) in [5.41, 5.74) is 2.35. The van der Waals surface area contributed by atoms with Crippen LogP contribution in [0.15, 0.2) is 78.0 Å². The van der Waals surface area contributed by atoms with E-state index in [9.17, 15) is 10.1 Å². The average Bonchev–Trinajstić information content (AvgIpc) is 2.73. The molecule has 2 N–H and O–H groups in total. The topological polar surface area (TPSA) is 106 Å². The van der Waals surface area contributed by atoms with Crippen LogP contribution in [0.3, 0.4) is 0 Å². The molecule has 2 heterocycles. The maximum atomic E-state index is 11.0. The Morgan fingerprint density at radius 1 is 0.893 bits per heavy atom. The van der Waals surface area contributed by atoms with Gasteiger partial charge in [0.2, 0.25) is 0 Å². The smallest absolute Gasteiger partial charge is 0.270 e. The largest absolute Gasteiger partial charge is 0.337 e. The second kappa shape index (κ2) is 7.89. The summed E-state index contributed by atoms with van der Waals surface area (Å²) in [6, 6.07) is 17.6. The zero-order valence-electron chi connectivity index (χ0n) is 14.4. The van der Waals surface area contributed by atoms with Gasteiger partial charge in [0.15, 0.2) is 11.6 Å². The molecule has 28 heavy (non-hydrogen) atoms. The third-order valence-electron chi connectivity index (χ3n) is 3.81. The molecule has 138 valence electrons. The molecule has 0 fully saturated rings. The van der Waals surface area contributed by atoms with E-state index in [0.29, 0.717) is 16.5 Å². The molecular formula is C19H14N6O2S. The molecule has 0 saturated carbocycles. The highest BCUT2D eigenvalue weighted by Crippen LogP contribution is 2.29. The second-order valence-electron chi connectivity index (χ2n) is 5.73. The van der Waals surface area contributed by atoms with Crippen LogP contribution < -0.4 is 10.0 Å². The summed E-state index contributed by atoms with van der Waals surface area (Å²) in [5, 5.41) is 14.2. The number of rotatable bonds is 6. The van der Waals surface area contributed by atoms with E-state index in [1.54, 1.807) is 24.5 Å². The number of pyridine rings is 1. The number of benzene rings is 2. The predicted octanol–water partition coefficient (Wildman–Crippen LogP) is 4.80. The summed E-state index contributed by atoms with van der Waals surface area (Å²) in [7, 11) is 0. The van der Waals surface area contributed by atoms with Crippen molar-refractivity contribution in [2.45, 2.75) is 4.90 Å². The van der Waals surface area contributed by atoms with Crippen molar-refractivity contribution in [2.24, 2.45) is 0 Å². The maximum absolute atomic E-state index is 11.0. The molecule has 2 aromatic carbocycles. The minimum atomic E-state index is -0.420. The Morgan fingerprint density at radius 2 is 1.61 bits per heavy atom. The fourth-order valence-electron chi connectivity index (χ4n) is 2.50. The molecule has 0 amide bonds. The molecule has 0 aliphatic carbocycles. The van der Waals surface area contributed by atoms with Gasteiger partial charge in [-0.15, -0.1) is 0 Å². The predicted molar refractivity (Wildman–Crippen MR) is 110 cm³/mol. The zero-order valence-corrected chi connectivity index (χ0v) is 15.3. The highest BCUT2D eigenvalue weighted by molar-refractivity contribution is 8.00. The number of nitrogens with one attached hydrogen (secondary N) is 2. The van der Waals surface area contributed by atoms with Gasteiger partial charge >= 0.3 is 0 Å². The third-order valence-corrected chi connectivity index (χ3v) is 4.59. The summed E-state index contributed by atoms with van der Waals surface area (Å²) in [5.74, 6) is 1.06. The van der Waals surface area contributed by atoms with E-state index in [1.807, 2.05) is 36.4 Å². The standard InChI is InChI=1S/C19H14N6O2S/c26-25(27)14-4-3-5-15(12-14)28-24-19-18(21-13-8-10-20-11-9-13)22-16-6-1-2-7-17(16)23-19/h1-12H,(H,23,24)(H,20,21,22). The summed E-state index contributed by atoms with van der Waals surface area (Å²) < 4.78 is 3.15. The number of nitro groups is 1. The van der Waals surface area contributed by atoms with Gasteiger partial charge < -0.3 is 10.0 Å². The molecular weight excluding hydrogens is 376 g/mol. The number of aromatic nitrogens is 3. The van der Waals surface area contributed by atoms with Gasteiger partial charge in [-0.25, -0.2) is 9.97 Å². The van der Waals surface area contributed by atoms with Gasteiger partial charge in [0.05, 0.1) is 16.0 Å². The molecule has 0 spiro atoms. The Morgan fingerprint density at radius 3 is 2.32 bits per heavy atom. The second-order valence-corrected chi connectivity index (χ2v) is 6.61. The van der Waals surface area contributed by atoms with Crippen LogP contribution in [0.1, 0.15) is 0 Å². The zero-order chi connectivity index (χ0) is 19.3. The van der Waals surface area contributed by atoms with Crippen molar-refractivity contribution < 1.29 is 4.92 Å². The fraction of sp³-hybridized carbons (Fsp3) is 0.